The topological polar surface area (TPSA) is 44.2 Å². The van der Waals surface area contributed by atoms with E-state index in [9.17, 15) is 0 Å². The lowest BCUT2D eigenvalue weighted by atomic mass is 9.70. The lowest BCUT2D eigenvalue weighted by Gasteiger charge is -2.59. The first-order valence-electron chi connectivity index (χ1n) is 22.4. The van der Waals surface area contributed by atoms with Crippen molar-refractivity contribution in [2.24, 2.45) is 23.7 Å². The summed E-state index contributed by atoms with van der Waals surface area (Å²) in [7, 11) is 0. The summed E-state index contributed by atoms with van der Waals surface area (Å²) in [6.45, 7) is 21.0. The summed E-state index contributed by atoms with van der Waals surface area (Å²) in [6, 6.07) is 32.3. The van der Waals surface area contributed by atoms with Crippen molar-refractivity contribution in [2.45, 2.75) is 89.8 Å². The highest BCUT2D eigenvalue weighted by atomic mass is 16.5. The zero-order valence-electron chi connectivity index (χ0n) is 34.9. The summed E-state index contributed by atoms with van der Waals surface area (Å²) >= 11 is 0. The number of piperidine rings is 6. The van der Waals surface area contributed by atoms with Gasteiger partial charge in [0.25, 0.3) is 0 Å². The second kappa shape index (κ2) is 16.8. The van der Waals surface area contributed by atoms with Gasteiger partial charge in [0.15, 0.2) is 0 Å². The van der Waals surface area contributed by atoms with Crippen LogP contribution in [0.3, 0.4) is 0 Å². The molecule has 6 saturated heterocycles. The number of hydrogen-bond acceptors (Lipinski definition) is 4. The summed E-state index contributed by atoms with van der Waals surface area (Å²) in [4.78, 5) is 9.48. The van der Waals surface area contributed by atoms with Crippen LogP contribution in [0.25, 0.3) is 21.8 Å². The number of fused-ring (bicyclic) bond motifs is 8. The summed E-state index contributed by atoms with van der Waals surface area (Å²) in [5, 5.41) is 2.42. The molecule has 0 N–H and O–H groups in total. The molecule has 3 aromatic carbocycles. The molecule has 0 aliphatic carbocycles. The fourth-order valence-electron chi connectivity index (χ4n) is 12.7. The Balaban J connectivity index is 1.03. The van der Waals surface area contributed by atoms with E-state index in [0.29, 0.717) is 25.3 Å². The maximum Gasteiger partial charge on any atom is 0.135 e. The van der Waals surface area contributed by atoms with Gasteiger partial charge in [0.2, 0.25) is 0 Å². The predicted molar refractivity (Wildman–Crippen MR) is 236 cm³/mol. The third-order valence-corrected chi connectivity index (χ3v) is 15.4. The number of hydrogen-bond donors (Lipinski definition) is 0. The van der Waals surface area contributed by atoms with Crippen LogP contribution in [0.4, 0.5) is 0 Å². The Morgan fingerprint density at radius 1 is 0.621 bits per heavy atom. The van der Waals surface area contributed by atoms with Crippen LogP contribution in [0.2, 0.25) is 0 Å². The van der Waals surface area contributed by atoms with Crippen LogP contribution in [0.15, 0.2) is 123 Å². The smallest absolute Gasteiger partial charge is 0.135 e. The molecule has 302 valence electrons. The average molecular weight is 777 g/mol. The van der Waals surface area contributed by atoms with Gasteiger partial charge in [-0.15, -0.1) is 13.2 Å². The first-order chi connectivity index (χ1) is 28.5. The van der Waals surface area contributed by atoms with E-state index in [2.05, 4.69) is 112 Å². The minimum atomic E-state index is -0.0131. The zero-order chi connectivity index (χ0) is 39.7. The molecule has 0 saturated carbocycles. The summed E-state index contributed by atoms with van der Waals surface area (Å²) in [5.41, 5.74) is 7.53. The van der Waals surface area contributed by atoms with Crippen LogP contribution < -0.4 is 0 Å². The van der Waals surface area contributed by atoms with E-state index < -0.39 is 0 Å². The molecule has 0 spiro atoms. The normalized spacial score (nSPS) is 30.0. The number of benzene rings is 3. The lowest BCUT2D eigenvalue weighted by Crippen LogP contribution is -2.68. The van der Waals surface area contributed by atoms with Crippen LogP contribution in [-0.4, -0.2) is 70.4 Å². The van der Waals surface area contributed by atoms with Crippen molar-refractivity contribution in [3.63, 3.8) is 0 Å². The van der Waals surface area contributed by atoms with Gasteiger partial charge in [-0.2, -0.15) is 0 Å². The predicted octanol–water partition coefficient (Wildman–Crippen LogP) is 10.9. The minimum absolute atomic E-state index is 0.0131. The van der Waals surface area contributed by atoms with Crippen LogP contribution in [-0.2, 0) is 22.6 Å². The second-order valence-electron chi connectivity index (χ2n) is 18.3. The molecule has 0 amide bonds. The van der Waals surface area contributed by atoms with Gasteiger partial charge < -0.3 is 18.4 Å². The molecule has 6 unspecified atom stereocenters. The van der Waals surface area contributed by atoms with E-state index in [-0.39, 0.29) is 12.2 Å². The van der Waals surface area contributed by atoms with Crippen molar-refractivity contribution in [2.75, 3.05) is 39.4 Å². The molecule has 5 aromatic rings. The van der Waals surface area contributed by atoms with E-state index in [1.54, 1.807) is 0 Å². The van der Waals surface area contributed by atoms with Gasteiger partial charge in [-0.25, -0.2) is 0 Å². The molecule has 6 fully saturated rings. The first-order valence-corrected chi connectivity index (χ1v) is 22.4. The molecule has 6 heteroatoms. The Labute approximate surface area is 346 Å². The molecule has 0 radical (unpaired) electrons. The van der Waals surface area contributed by atoms with Crippen molar-refractivity contribution in [3.8, 4) is 0 Å². The lowest BCUT2D eigenvalue weighted by molar-refractivity contribution is -0.986. The molecule has 2 aromatic heterocycles. The van der Waals surface area contributed by atoms with Gasteiger partial charge in [0.1, 0.15) is 37.4 Å². The van der Waals surface area contributed by atoms with E-state index in [4.69, 9.17) is 19.4 Å². The highest BCUT2D eigenvalue weighted by Gasteiger charge is 2.56. The molecule has 10 atom stereocenters. The van der Waals surface area contributed by atoms with Gasteiger partial charge in [-0.1, -0.05) is 86.7 Å². The Hall–Kier alpha value is -4.20. The SMILES string of the molecule is C=CCO[C@H](c1ccnc2ccccc12)C1CC2CC[N+]1(Cc1ccc(C[N+]34CCC(CC3[C@@H](OCC=C)c3ccnc5ccccc35)[C@@H](CC)C4)cc1)C[C@@H]2CC. The van der Waals surface area contributed by atoms with Crippen molar-refractivity contribution in [1.82, 2.24) is 9.97 Å². The maximum absolute atomic E-state index is 6.88. The largest absolute Gasteiger partial charge is 0.363 e. The quantitative estimate of drug-likeness (QED) is 0.0739. The van der Waals surface area contributed by atoms with E-state index in [1.165, 1.54) is 97.7 Å². The zero-order valence-corrected chi connectivity index (χ0v) is 34.9. The number of quaternary nitrogens is 2. The molecule has 8 heterocycles. The number of ether oxygens (including phenoxy) is 2. The summed E-state index contributed by atoms with van der Waals surface area (Å²) < 4.78 is 16.0. The van der Waals surface area contributed by atoms with Crippen LogP contribution >= 0.6 is 0 Å². The summed E-state index contributed by atoms with van der Waals surface area (Å²) in [6.07, 6.45) is 15.3. The minimum Gasteiger partial charge on any atom is -0.363 e. The molecule has 58 heavy (non-hydrogen) atoms. The van der Waals surface area contributed by atoms with E-state index >= 15 is 0 Å². The second-order valence-corrected chi connectivity index (χ2v) is 18.3. The van der Waals surface area contributed by atoms with Crippen molar-refractivity contribution >= 4 is 21.8 Å². The van der Waals surface area contributed by atoms with Gasteiger partial charge >= 0.3 is 0 Å². The molecule has 4 bridgehead atoms. The van der Waals surface area contributed by atoms with Crippen LogP contribution in [0, 0.1) is 23.7 Å². The number of para-hydroxylation sites is 2. The van der Waals surface area contributed by atoms with Gasteiger partial charge in [0, 0.05) is 71.8 Å². The Morgan fingerprint density at radius 2 is 1.05 bits per heavy atom. The average Bonchev–Trinajstić information content (AvgIpc) is 3.27. The monoisotopic (exact) mass is 777 g/mol. The number of aromatic nitrogens is 2. The Morgan fingerprint density at radius 3 is 1.47 bits per heavy atom. The van der Waals surface area contributed by atoms with Gasteiger partial charge in [-0.3, -0.25) is 9.97 Å². The van der Waals surface area contributed by atoms with E-state index in [0.717, 1.165) is 56.8 Å². The molecule has 6 aliphatic heterocycles. The first kappa shape index (κ1) is 39.3. The van der Waals surface area contributed by atoms with Gasteiger partial charge in [-0.05, 0) is 60.1 Å². The fraction of sp³-hybridized carbons (Fsp3) is 0.462. The standard InChI is InChI=1S/C52H64N4O2/c1-5-29-57-51(45-21-25-53-47-15-11-9-13-43(45)47)49-31-41-23-27-55(49,35-39(41)7-3)33-37-17-19-38(20-18-37)34-56-28-24-42(40(8-4)36-56)32-50(56)52(58-30-6-2)46-22-26-54-48-16-12-10-14-44(46)48/h5-6,9-22,25-26,39-42,49-52H,1-2,7-8,23-24,27-36H2,3-4H3/q+2/t39-,40-,41?,42?,49?,50?,51-,52+,55?,56?/m0/s1. The highest BCUT2D eigenvalue weighted by molar-refractivity contribution is 5.83. The van der Waals surface area contributed by atoms with Gasteiger partial charge in [0.05, 0.1) is 50.4 Å². The molecule has 6 aliphatic rings. The third-order valence-electron chi connectivity index (χ3n) is 15.4. The van der Waals surface area contributed by atoms with Crippen LogP contribution in [0.5, 0.6) is 0 Å². The number of rotatable bonds is 16. The molecule has 6 nitrogen and oxygen atoms in total. The third kappa shape index (κ3) is 7.25. The summed E-state index contributed by atoms with van der Waals surface area (Å²) in [5.74, 6) is 3.03. The number of pyridine rings is 2. The number of nitrogens with zero attached hydrogens (tertiary/aromatic N) is 4. The molecular weight excluding hydrogens is 713 g/mol. The Bertz CT molecular complexity index is 2050. The molecular formula is C52H64N4O2+2. The molecule has 11 rings (SSSR count). The van der Waals surface area contributed by atoms with E-state index in [1.807, 2.05) is 24.5 Å². The van der Waals surface area contributed by atoms with Crippen molar-refractivity contribution in [3.05, 3.63) is 145 Å². The van der Waals surface area contributed by atoms with Crippen molar-refractivity contribution < 1.29 is 18.4 Å². The maximum atomic E-state index is 6.88. The fourth-order valence-corrected chi connectivity index (χ4v) is 12.7. The highest BCUT2D eigenvalue weighted by Crippen LogP contribution is 2.51. The van der Waals surface area contributed by atoms with Crippen LogP contribution in [0.1, 0.15) is 86.8 Å². The Kier molecular flexibility index (Phi) is 11.4. The van der Waals surface area contributed by atoms with Crippen molar-refractivity contribution in [1.29, 1.82) is 0 Å².